The Kier molecular flexibility index (Phi) is 5.37. The standard InChI is InChI=1S/C18H27N3O/c1-15(2)21-11-10-19-17(21)13-20(14-18(3,4)22)12-16-8-6-5-7-9-16/h5-11,15,22H,12-14H2,1-4H3. The van der Waals surface area contributed by atoms with Gasteiger partial charge >= 0.3 is 0 Å². The zero-order chi connectivity index (χ0) is 16.2. The molecule has 0 radical (unpaired) electrons. The predicted molar refractivity (Wildman–Crippen MR) is 89.5 cm³/mol. The molecule has 120 valence electrons. The van der Waals surface area contributed by atoms with Crippen LogP contribution in [0.4, 0.5) is 0 Å². The highest BCUT2D eigenvalue weighted by molar-refractivity contribution is 5.14. The Balaban J connectivity index is 2.15. The molecule has 2 rings (SSSR count). The van der Waals surface area contributed by atoms with Crippen molar-refractivity contribution >= 4 is 0 Å². The van der Waals surface area contributed by atoms with Gasteiger partial charge in [0.25, 0.3) is 0 Å². The van der Waals surface area contributed by atoms with E-state index in [1.54, 1.807) is 0 Å². The second-order valence-electron chi connectivity index (χ2n) is 6.79. The van der Waals surface area contributed by atoms with Gasteiger partial charge in [-0.3, -0.25) is 4.90 Å². The van der Waals surface area contributed by atoms with Crippen molar-refractivity contribution in [2.75, 3.05) is 6.54 Å². The Morgan fingerprint density at radius 1 is 1.18 bits per heavy atom. The minimum absolute atomic E-state index is 0.387. The molecule has 0 unspecified atom stereocenters. The first kappa shape index (κ1) is 16.7. The van der Waals surface area contributed by atoms with Gasteiger partial charge in [-0.05, 0) is 33.3 Å². The van der Waals surface area contributed by atoms with Crippen LogP contribution in [0.25, 0.3) is 0 Å². The van der Waals surface area contributed by atoms with E-state index in [1.165, 1.54) is 5.56 Å². The van der Waals surface area contributed by atoms with Crippen molar-refractivity contribution < 1.29 is 5.11 Å². The van der Waals surface area contributed by atoms with Crippen LogP contribution in [0.1, 0.15) is 45.1 Å². The van der Waals surface area contributed by atoms with E-state index in [-0.39, 0.29) is 0 Å². The summed E-state index contributed by atoms with van der Waals surface area (Å²) in [5, 5.41) is 10.2. The summed E-state index contributed by atoms with van der Waals surface area (Å²) in [7, 11) is 0. The fraction of sp³-hybridized carbons (Fsp3) is 0.500. The van der Waals surface area contributed by atoms with Gasteiger partial charge in [0, 0.05) is 31.5 Å². The van der Waals surface area contributed by atoms with Gasteiger partial charge in [-0.2, -0.15) is 0 Å². The number of benzene rings is 1. The number of aromatic nitrogens is 2. The first-order chi connectivity index (χ1) is 10.3. The molecule has 2 aromatic rings. The molecule has 1 heterocycles. The molecular weight excluding hydrogens is 274 g/mol. The second-order valence-corrected chi connectivity index (χ2v) is 6.79. The summed E-state index contributed by atoms with van der Waals surface area (Å²) in [5.74, 6) is 1.04. The lowest BCUT2D eigenvalue weighted by atomic mass is 10.1. The molecule has 0 bridgehead atoms. The molecule has 0 fully saturated rings. The van der Waals surface area contributed by atoms with Crippen molar-refractivity contribution in [2.24, 2.45) is 0 Å². The Morgan fingerprint density at radius 2 is 1.86 bits per heavy atom. The number of nitrogens with zero attached hydrogens (tertiary/aromatic N) is 3. The number of imidazole rings is 1. The molecule has 4 nitrogen and oxygen atoms in total. The highest BCUT2D eigenvalue weighted by atomic mass is 16.3. The van der Waals surface area contributed by atoms with Crippen LogP contribution >= 0.6 is 0 Å². The van der Waals surface area contributed by atoms with Gasteiger partial charge in [-0.1, -0.05) is 30.3 Å². The number of aliphatic hydroxyl groups is 1. The maximum atomic E-state index is 10.2. The summed E-state index contributed by atoms with van der Waals surface area (Å²) in [6.45, 7) is 10.1. The lowest BCUT2D eigenvalue weighted by Crippen LogP contribution is -2.38. The maximum Gasteiger partial charge on any atom is 0.123 e. The average molecular weight is 301 g/mol. The molecule has 0 aliphatic carbocycles. The van der Waals surface area contributed by atoms with Crippen LogP contribution in [0, 0.1) is 0 Å². The molecule has 0 aliphatic rings. The van der Waals surface area contributed by atoms with E-state index in [4.69, 9.17) is 0 Å². The van der Waals surface area contributed by atoms with E-state index >= 15 is 0 Å². The minimum Gasteiger partial charge on any atom is -0.389 e. The molecule has 0 atom stereocenters. The molecule has 22 heavy (non-hydrogen) atoms. The summed E-state index contributed by atoms with van der Waals surface area (Å²) in [6.07, 6.45) is 3.87. The molecule has 0 saturated carbocycles. The third-order valence-electron chi connectivity index (χ3n) is 3.53. The highest BCUT2D eigenvalue weighted by Gasteiger charge is 2.20. The van der Waals surface area contributed by atoms with Gasteiger partial charge in [-0.15, -0.1) is 0 Å². The van der Waals surface area contributed by atoms with Crippen molar-refractivity contribution in [3.63, 3.8) is 0 Å². The zero-order valence-corrected chi connectivity index (χ0v) is 14.0. The molecule has 1 aromatic carbocycles. The normalized spacial score (nSPS) is 12.3. The molecule has 0 saturated heterocycles. The van der Waals surface area contributed by atoms with Gasteiger partial charge in [0.05, 0.1) is 12.1 Å². The summed E-state index contributed by atoms with van der Waals surface area (Å²) in [5.41, 5.74) is 0.513. The third kappa shape index (κ3) is 4.97. The van der Waals surface area contributed by atoms with Crippen LogP contribution in [0.3, 0.4) is 0 Å². The minimum atomic E-state index is -0.732. The fourth-order valence-corrected chi connectivity index (χ4v) is 2.69. The average Bonchev–Trinajstić information content (AvgIpc) is 2.86. The van der Waals surface area contributed by atoms with E-state index < -0.39 is 5.60 Å². The Labute approximate surface area is 133 Å². The van der Waals surface area contributed by atoms with Crippen LogP contribution in [0.5, 0.6) is 0 Å². The summed E-state index contributed by atoms with van der Waals surface area (Å²) < 4.78 is 2.18. The highest BCUT2D eigenvalue weighted by Crippen LogP contribution is 2.15. The number of hydrogen-bond donors (Lipinski definition) is 1. The molecule has 1 N–H and O–H groups in total. The van der Waals surface area contributed by atoms with E-state index in [1.807, 2.05) is 44.4 Å². The SMILES string of the molecule is CC(C)n1ccnc1CN(Cc1ccccc1)CC(C)(C)O. The Bertz CT molecular complexity index is 570. The van der Waals surface area contributed by atoms with E-state index in [0.717, 1.165) is 18.9 Å². The summed E-state index contributed by atoms with van der Waals surface area (Å²) in [4.78, 5) is 6.74. The smallest absolute Gasteiger partial charge is 0.123 e. The molecule has 1 aromatic heterocycles. The van der Waals surface area contributed by atoms with E-state index in [9.17, 15) is 5.11 Å². The van der Waals surface area contributed by atoms with E-state index in [2.05, 4.69) is 40.4 Å². The predicted octanol–water partition coefficient (Wildman–Crippen LogP) is 3.24. The van der Waals surface area contributed by atoms with Crippen molar-refractivity contribution in [3.05, 3.63) is 54.1 Å². The van der Waals surface area contributed by atoms with Crippen LogP contribution < -0.4 is 0 Å². The zero-order valence-electron chi connectivity index (χ0n) is 14.0. The van der Waals surface area contributed by atoms with Crippen LogP contribution in [0.2, 0.25) is 0 Å². The Morgan fingerprint density at radius 3 is 2.45 bits per heavy atom. The molecule has 0 aliphatic heterocycles. The monoisotopic (exact) mass is 301 g/mol. The van der Waals surface area contributed by atoms with Crippen LogP contribution in [-0.2, 0) is 13.1 Å². The summed E-state index contributed by atoms with van der Waals surface area (Å²) >= 11 is 0. The molecule has 0 amide bonds. The van der Waals surface area contributed by atoms with Crippen molar-refractivity contribution in [3.8, 4) is 0 Å². The van der Waals surface area contributed by atoms with Crippen molar-refractivity contribution in [1.82, 2.24) is 14.5 Å². The largest absolute Gasteiger partial charge is 0.389 e. The summed E-state index contributed by atoms with van der Waals surface area (Å²) in [6, 6.07) is 10.7. The second kappa shape index (κ2) is 7.07. The van der Waals surface area contributed by atoms with Crippen LogP contribution in [-0.4, -0.2) is 31.7 Å². The van der Waals surface area contributed by atoms with Gasteiger partial charge in [0.1, 0.15) is 5.82 Å². The lowest BCUT2D eigenvalue weighted by Gasteiger charge is -2.29. The number of hydrogen-bond acceptors (Lipinski definition) is 3. The van der Waals surface area contributed by atoms with Gasteiger partial charge < -0.3 is 9.67 Å². The molecule has 0 spiro atoms. The maximum absolute atomic E-state index is 10.2. The van der Waals surface area contributed by atoms with Crippen molar-refractivity contribution in [1.29, 1.82) is 0 Å². The van der Waals surface area contributed by atoms with Crippen LogP contribution in [0.15, 0.2) is 42.7 Å². The Hall–Kier alpha value is -1.65. The topological polar surface area (TPSA) is 41.3 Å². The molecule has 4 heteroatoms. The van der Waals surface area contributed by atoms with Gasteiger partial charge in [0.15, 0.2) is 0 Å². The van der Waals surface area contributed by atoms with Gasteiger partial charge in [-0.25, -0.2) is 4.98 Å². The fourth-order valence-electron chi connectivity index (χ4n) is 2.69. The van der Waals surface area contributed by atoms with Crippen molar-refractivity contribution in [2.45, 2.75) is 52.4 Å². The third-order valence-corrected chi connectivity index (χ3v) is 3.53. The lowest BCUT2D eigenvalue weighted by molar-refractivity contribution is 0.0294. The first-order valence-electron chi connectivity index (χ1n) is 7.85. The first-order valence-corrected chi connectivity index (χ1v) is 7.85. The molecular formula is C18H27N3O. The number of rotatable bonds is 7. The van der Waals surface area contributed by atoms with E-state index in [0.29, 0.717) is 12.6 Å². The quantitative estimate of drug-likeness (QED) is 0.853. The van der Waals surface area contributed by atoms with Gasteiger partial charge in [0.2, 0.25) is 0 Å².